The Hall–Kier alpha value is -2.97. The molecule has 1 saturated carbocycles. The molecule has 2 saturated heterocycles. The molecule has 0 amide bonds. The van der Waals surface area contributed by atoms with Crippen molar-refractivity contribution in [3.05, 3.63) is 59.1 Å². The SMILES string of the molecule is c1ccc(CN2CC3CC2CN3c2nc(Nc3cc(C4CC4)[nH]n3)c3sccc3n2)cc1. The Morgan fingerprint density at radius 2 is 1.97 bits per heavy atom. The first-order valence-corrected chi connectivity index (χ1v) is 12.3. The monoisotopic (exact) mass is 443 g/mol. The maximum atomic E-state index is 4.99. The van der Waals surface area contributed by atoms with E-state index in [9.17, 15) is 0 Å². The van der Waals surface area contributed by atoms with Gasteiger partial charge in [0.05, 0.1) is 10.2 Å². The van der Waals surface area contributed by atoms with Crippen molar-refractivity contribution in [2.45, 2.75) is 43.8 Å². The minimum Gasteiger partial charge on any atom is -0.335 e. The number of hydrogen-bond donors (Lipinski definition) is 2. The molecule has 4 aromatic rings. The van der Waals surface area contributed by atoms with Gasteiger partial charge in [-0.1, -0.05) is 30.3 Å². The third-order valence-corrected chi connectivity index (χ3v) is 7.90. The predicted molar refractivity (Wildman–Crippen MR) is 128 cm³/mol. The number of piperazine rings is 1. The lowest BCUT2D eigenvalue weighted by atomic mass is 10.2. The summed E-state index contributed by atoms with van der Waals surface area (Å²) in [5.74, 6) is 3.18. The van der Waals surface area contributed by atoms with Crippen LogP contribution in [0, 0.1) is 0 Å². The second kappa shape index (κ2) is 7.28. The average molecular weight is 444 g/mol. The lowest BCUT2D eigenvalue weighted by Crippen LogP contribution is -2.46. The van der Waals surface area contributed by atoms with Crippen LogP contribution in [-0.4, -0.2) is 50.2 Å². The zero-order valence-electron chi connectivity index (χ0n) is 17.7. The zero-order chi connectivity index (χ0) is 21.1. The molecule has 8 heteroatoms. The lowest BCUT2D eigenvalue weighted by Gasteiger charge is -2.34. The molecular weight excluding hydrogens is 418 g/mol. The summed E-state index contributed by atoms with van der Waals surface area (Å²) in [6.07, 6.45) is 3.70. The third-order valence-electron chi connectivity index (χ3n) is 6.99. The highest BCUT2D eigenvalue weighted by Gasteiger charge is 2.44. The van der Waals surface area contributed by atoms with Gasteiger partial charge in [0, 0.05) is 49.4 Å². The number of H-pyrrole nitrogens is 1. The fraction of sp³-hybridized carbons (Fsp3) is 0.375. The van der Waals surface area contributed by atoms with Crippen LogP contribution in [0.4, 0.5) is 17.6 Å². The highest BCUT2D eigenvalue weighted by Crippen LogP contribution is 2.40. The summed E-state index contributed by atoms with van der Waals surface area (Å²) in [5, 5.41) is 13.2. The zero-order valence-corrected chi connectivity index (χ0v) is 18.6. The fourth-order valence-corrected chi connectivity index (χ4v) is 5.97. The molecule has 2 bridgehead atoms. The van der Waals surface area contributed by atoms with Gasteiger partial charge in [0.25, 0.3) is 0 Å². The third kappa shape index (κ3) is 3.25. The Kier molecular flexibility index (Phi) is 4.23. The van der Waals surface area contributed by atoms with Crippen molar-refractivity contribution in [2.24, 2.45) is 0 Å². The summed E-state index contributed by atoms with van der Waals surface area (Å²) in [6.45, 7) is 3.08. The molecule has 0 radical (unpaired) electrons. The number of fused-ring (bicyclic) bond motifs is 3. The van der Waals surface area contributed by atoms with Gasteiger partial charge < -0.3 is 10.2 Å². The maximum Gasteiger partial charge on any atom is 0.228 e. The number of hydrogen-bond acceptors (Lipinski definition) is 7. The lowest BCUT2D eigenvalue weighted by molar-refractivity contribution is 0.229. The van der Waals surface area contributed by atoms with Gasteiger partial charge in [-0.15, -0.1) is 11.3 Å². The van der Waals surface area contributed by atoms with Crippen LogP contribution >= 0.6 is 11.3 Å². The van der Waals surface area contributed by atoms with E-state index in [1.165, 1.54) is 30.5 Å². The quantitative estimate of drug-likeness (QED) is 0.457. The Morgan fingerprint density at radius 3 is 2.78 bits per heavy atom. The van der Waals surface area contributed by atoms with Gasteiger partial charge in [-0.2, -0.15) is 10.1 Å². The van der Waals surface area contributed by atoms with Gasteiger partial charge in [0.15, 0.2) is 11.6 Å². The van der Waals surface area contributed by atoms with Crippen molar-refractivity contribution in [1.82, 2.24) is 25.1 Å². The summed E-state index contributed by atoms with van der Waals surface area (Å²) in [7, 11) is 0. The van der Waals surface area contributed by atoms with E-state index in [0.29, 0.717) is 18.0 Å². The second-order valence-corrected chi connectivity index (χ2v) is 10.1. The highest BCUT2D eigenvalue weighted by atomic mass is 32.1. The van der Waals surface area contributed by atoms with E-state index < -0.39 is 0 Å². The van der Waals surface area contributed by atoms with Gasteiger partial charge in [-0.25, -0.2) is 4.98 Å². The Labute approximate surface area is 190 Å². The molecule has 1 aromatic carbocycles. The Bertz CT molecular complexity index is 1260. The molecule has 3 aromatic heterocycles. The molecular formula is C24H25N7S. The number of benzene rings is 1. The summed E-state index contributed by atoms with van der Waals surface area (Å²) in [6, 6.07) is 16.0. The number of aromatic nitrogens is 4. The predicted octanol–water partition coefficient (Wildman–Crippen LogP) is 4.50. The molecule has 3 aliphatic rings. The first-order valence-electron chi connectivity index (χ1n) is 11.4. The number of nitrogens with zero attached hydrogens (tertiary/aromatic N) is 5. The number of nitrogens with one attached hydrogen (secondary N) is 2. The van der Waals surface area contributed by atoms with Crippen LogP contribution in [0.25, 0.3) is 10.2 Å². The van der Waals surface area contributed by atoms with Crippen molar-refractivity contribution < 1.29 is 0 Å². The van der Waals surface area contributed by atoms with E-state index in [0.717, 1.165) is 47.4 Å². The molecule has 2 atom stereocenters. The maximum absolute atomic E-state index is 4.99. The standard InChI is InChI=1S/C24H25N7S/c1-2-4-15(5-3-1)12-30-13-18-10-17(30)14-31(18)24-25-19-8-9-32-22(19)23(27-24)26-21-11-20(28-29-21)16-6-7-16/h1-5,8-9,11,16-18H,6-7,10,12-14H2,(H2,25,26,27,28,29). The van der Waals surface area contributed by atoms with Crippen LogP contribution in [0.3, 0.4) is 0 Å². The number of rotatable bonds is 6. The molecule has 1 aliphatic carbocycles. The van der Waals surface area contributed by atoms with Crippen molar-refractivity contribution >= 4 is 39.1 Å². The summed E-state index contributed by atoms with van der Waals surface area (Å²) in [5.41, 5.74) is 3.61. The molecule has 2 unspecified atom stereocenters. The molecule has 2 aliphatic heterocycles. The molecule has 0 spiro atoms. The van der Waals surface area contributed by atoms with E-state index in [2.05, 4.69) is 73.2 Å². The molecule has 3 fully saturated rings. The van der Waals surface area contributed by atoms with Gasteiger partial charge >= 0.3 is 0 Å². The summed E-state index contributed by atoms with van der Waals surface area (Å²) in [4.78, 5) is 14.9. The van der Waals surface area contributed by atoms with E-state index in [1.807, 2.05) is 0 Å². The van der Waals surface area contributed by atoms with Crippen LogP contribution in [0.15, 0.2) is 47.8 Å². The van der Waals surface area contributed by atoms with E-state index >= 15 is 0 Å². The first-order chi connectivity index (χ1) is 15.8. The molecule has 32 heavy (non-hydrogen) atoms. The Morgan fingerprint density at radius 1 is 1.06 bits per heavy atom. The smallest absolute Gasteiger partial charge is 0.228 e. The average Bonchev–Trinajstić information content (AvgIpc) is 3.18. The van der Waals surface area contributed by atoms with Crippen molar-refractivity contribution in [3.8, 4) is 0 Å². The number of likely N-dealkylation sites (tertiary alicyclic amines) is 1. The van der Waals surface area contributed by atoms with Gasteiger partial charge in [-0.05, 0) is 36.3 Å². The Balaban J connectivity index is 1.13. The van der Waals surface area contributed by atoms with Crippen molar-refractivity contribution in [1.29, 1.82) is 0 Å². The highest BCUT2D eigenvalue weighted by molar-refractivity contribution is 7.17. The van der Waals surface area contributed by atoms with E-state index in [1.54, 1.807) is 11.3 Å². The largest absolute Gasteiger partial charge is 0.335 e. The van der Waals surface area contributed by atoms with Crippen LogP contribution in [0.2, 0.25) is 0 Å². The molecule has 5 heterocycles. The van der Waals surface area contributed by atoms with Gasteiger partial charge in [0.1, 0.15) is 0 Å². The number of thiophene rings is 1. The van der Waals surface area contributed by atoms with Crippen molar-refractivity contribution in [2.75, 3.05) is 23.3 Å². The molecule has 2 N–H and O–H groups in total. The normalized spacial score (nSPS) is 22.8. The fourth-order valence-electron chi connectivity index (χ4n) is 5.20. The van der Waals surface area contributed by atoms with Crippen LogP contribution in [0.1, 0.15) is 36.4 Å². The first kappa shape index (κ1) is 18.6. The van der Waals surface area contributed by atoms with Crippen LogP contribution < -0.4 is 10.2 Å². The van der Waals surface area contributed by atoms with E-state index in [-0.39, 0.29) is 0 Å². The van der Waals surface area contributed by atoms with Gasteiger partial charge in [-0.3, -0.25) is 10.00 Å². The molecule has 162 valence electrons. The topological polar surface area (TPSA) is 73.0 Å². The van der Waals surface area contributed by atoms with Crippen LogP contribution in [0.5, 0.6) is 0 Å². The van der Waals surface area contributed by atoms with E-state index in [4.69, 9.17) is 9.97 Å². The number of anilines is 3. The second-order valence-electron chi connectivity index (χ2n) is 9.23. The molecule has 7 rings (SSSR count). The summed E-state index contributed by atoms with van der Waals surface area (Å²) >= 11 is 1.67. The summed E-state index contributed by atoms with van der Waals surface area (Å²) < 4.78 is 1.08. The van der Waals surface area contributed by atoms with Gasteiger partial charge in [0.2, 0.25) is 5.95 Å². The van der Waals surface area contributed by atoms with Crippen molar-refractivity contribution in [3.63, 3.8) is 0 Å². The van der Waals surface area contributed by atoms with Crippen LogP contribution in [-0.2, 0) is 6.54 Å². The minimum absolute atomic E-state index is 0.472. The minimum atomic E-state index is 0.472. The number of aromatic amines is 1. The molecule has 7 nitrogen and oxygen atoms in total.